The fraction of sp³-hybridized carbons (Fsp3) is 0.333. The summed E-state index contributed by atoms with van der Waals surface area (Å²) in [5.74, 6) is -2.58. The van der Waals surface area contributed by atoms with Gasteiger partial charge >= 0.3 is 12.2 Å². The Morgan fingerprint density at radius 1 is 0.980 bits per heavy atom. The molecule has 4 N–H and O–H groups in total. The molecule has 1 fully saturated rings. The van der Waals surface area contributed by atoms with Crippen molar-refractivity contribution in [2.45, 2.75) is 50.4 Å². The van der Waals surface area contributed by atoms with Crippen LogP contribution in [0.25, 0.3) is 0 Å². The summed E-state index contributed by atoms with van der Waals surface area (Å²) in [5.41, 5.74) is 1.87. The average molecular weight is 710 g/mol. The summed E-state index contributed by atoms with van der Waals surface area (Å²) in [5, 5.41) is 15.0. The smallest absolute Gasteiger partial charge is 0.407 e. The van der Waals surface area contributed by atoms with Crippen LogP contribution in [0.15, 0.2) is 77.3 Å². The van der Waals surface area contributed by atoms with E-state index in [4.69, 9.17) is 18.7 Å². The highest BCUT2D eigenvalue weighted by molar-refractivity contribution is 5.98. The second kappa shape index (κ2) is 17.5. The van der Waals surface area contributed by atoms with Gasteiger partial charge in [0.1, 0.15) is 41.6 Å². The van der Waals surface area contributed by atoms with Gasteiger partial charge < -0.3 is 40.0 Å². The van der Waals surface area contributed by atoms with Crippen molar-refractivity contribution in [3.8, 4) is 0 Å². The number of ether oxygens (including phenoxy) is 3. The lowest BCUT2D eigenvalue weighted by Crippen LogP contribution is -2.49. The molecule has 2 heterocycles. The summed E-state index contributed by atoms with van der Waals surface area (Å²) in [7, 11) is 1.14. The van der Waals surface area contributed by atoms with Crippen molar-refractivity contribution >= 4 is 23.8 Å². The number of alkyl carbamates (subject to hydrolysis) is 2. The van der Waals surface area contributed by atoms with Gasteiger partial charge in [0.05, 0.1) is 32.4 Å². The molecule has 4 aromatic rings. The van der Waals surface area contributed by atoms with E-state index in [1.54, 1.807) is 19.1 Å². The van der Waals surface area contributed by atoms with Crippen molar-refractivity contribution in [1.29, 1.82) is 0 Å². The van der Waals surface area contributed by atoms with Crippen LogP contribution in [0.4, 0.5) is 28.4 Å². The Kier molecular flexibility index (Phi) is 12.6. The van der Waals surface area contributed by atoms with E-state index in [9.17, 15) is 23.2 Å². The number of aromatic nitrogens is 1. The van der Waals surface area contributed by atoms with E-state index >= 15 is 4.39 Å². The summed E-state index contributed by atoms with van der Waals surface area (Å²) in [6, 6.07) is 15.0. The maximum atomic E-state index is 15.3. The van der Waals surface area contributed by atoms with Crippen LogP contribution in [-0.4, -0.2) is 68.3 Å². The molecule has 1 saturated heterocycles. The predicted molar refractivity (Wildman–Crippen MR) is 178 cm³/mol. The zero-order valence-electron chi connectivity index (χ0n) is 27.9. The molecule has 1 aliphatic heterocycles. The van der Waals surface area contributed by atoms with Gasteiger partial charge in [-0.1, -0.05) is 35.5 Å². The first-order chi connectivity index (χ1) is 24.6. The Balaban J connectivity index is 1.22. The molecule has 0 aliphatic carbocycles. The molecule has 12 nitrogen and oxygen atoms in total. The van der Waals surface area contributed by atoms with Crippen molar-refractivity contribution in [3.63, 3.8) is 0 Å². The van der Waals surface area contributed by atoms with Gasteiger partial charge in [-0.25, -0.2) is 22.8 Å². The highest BCUT2D eigenvalue weighted by atomic mass is 19.1. The minimum absolute atomic E-state index is 0.0670. The molecule has 0 radical (unpaired) electrons. The lowest BCUT2D eigenvalue weighted by molar-refractivity contribution is -0.118. The van der Waals surface area contributed by atoms with E-state index in [0.717, 1.165) is 7.11 Å². The van der Waals surface area contributed by atoms with E-state index < -0.39 is 47.5 Å². The molecular weight excluding hydrogens is 671 g/mol. The summed E-state index contributed by atoms with van der Waals surface area (Å²) in [4.78, 5) is 38.5. The number of hydrogen-bond acceptors (Lipinski definition) is 9. The Morgan fingerprint density at radius 2 is 1.67 bits per heavy atom. The van der Waals surface area contributed by atoms with Crippen molar-refractivity contribution in [3.05, 3.63) is 118 Å². The standard InChI is InChI=1S/C36H38F3N5O7/c1-21-16-26(44-51-21)17-41-35(46)50-20-27-19-49-28(18-40-27)14-15-29-30(39)4-3-5-31(29)42-34(45)33(43-36(47)48-2)32(22-6-10-24(37)11-7-22)23-8-12-25(38)13-9-23/h3-13,16,27-28,32-33,40H,14-15,17-20H2,1-2H3,(H,41,46)(H,42,45)(H,43,47)/t27-,28+,33-/m0/s1. The molecule has 1 aromatic heterocycles. The highest BCUT2D eigenvalue weighted by Gasteiger charge is 2.34. The molecular formula is C36H38F3N5O7. The number of hydrogen-bond donors (Lipinski definition) is 4. The van der Waals surface area contributed by atoms with E-state index in [1.165, 1.54) is 60.7 Å². The van der Waals surface area contributed by atoms with Crippen molar-refractivity contribution in [1.82, 2.24) is 21.1 Å². The monoisotopic (exact) mass is 709 g/mol. The predicted octanol–water partition coefficient (Wildman–Crippen LogP) is 5.11. The van der Waals surface area contributed by atoms with E-state index in [1.807, 2.05) is 0 Å². The number of anilines is 1. The summed E-state index contributed by atoms with van der Waals surface area (Å²) >= 11 is 0. The molecule has 15 heteroatoms. The van der Waals surface area contributed by atoms with Gasteiger partial charge in [-0.15, -0.1) is 0 Å². The zero-order valence-corrected chi connectivity index (χ0v) is 27.9. The largest absolute Gasteiger partial charge is 0.453 e. The van der Waals surface area contributed by atoms with Crippen LogP contribution in [0.3, 0.4) is 0 Å². The SMILES string of the molecule is COC(=O)N[C@H](C(=O)Nc1cccc(F)c1CC[C@@H]1CN[C@H](COC(=O)NCc2cc(C)on2)CO1)C(c1ccc(F)cc1)c1ccc(F)cc1. The summed E-state index contributed by atoms with van der Waals surface area (Å²) < 4.78 is 64.0. The fourth-order valence-electron chi connectivity index (χ4n) is 5.70. The first kappa shape index (κ1) is 36.9. The molecule has 1 aliphatic rings. The molecule has 0 bridgehead atoms. The molecule has 0 saturated carbocycles. The highest BCUT2D eigenvalue weighted by Crippen LogP contribution is 2.31. The zero-order chi connectivity index (χ0) is 36.3. The summed E-state index contributed by atoms with van der Waals surface area (Å²) in [6.45, 7) is 2.63. The van der Waals surface area contributed by atoms with Gasteiger partial charge in [-0.05, 0) is 67.3 Å². The number of rotatable bonds is 13. The van der Waals surface area contributed by atoms with Crippen LogP contribution in [0, 0.1) is 24.4 Å². The Hall–Kier alpha value is -5.41. The number of amides is 3. The molecule has 3 amide bonds. The molecule has 270 valence electrons. The maximum Gasteiger partial charge on any atom is 0.407 e. The second-order valence-electron chi connectivity index (χ2n) is 11.9. The van der Waals surface area contributed by atoms with Crippen LogP contribution in [-0.2, 0) is 32.0 Å². The lowest BCUT2D eigenvalue weighted by atomic mass is 9.84. The number of nitrogens with one attached hydrogen (secondary N) is 4. The van der Waals surface area contributed by atoms with Crippen molar-refractivity contribution in [2.24, 2.45) is 0 Å². The Labute approximate surface area is 292 Å². The first-order valence-corrected chi connectivity index (χ1v) is 16.2. The number of carbonyl (C=O) groups is 3. The van der Waals surface area contributed by atoms with Crippen LogP contribution in [0.2, 0.25) is 0 Å². The topological polar surface area (TPSA) is 153 Å². The lowest BCUT2D eigenvalue weighted by Gasteiger charge is -2.30. The number of aryl methyl sites for hydroxylation is 1. The maximum absolute atomic E-state index is 15.3. The quantitative estimate of drug-likeness (QED) is 0.148. The minimum Gasteiger partial charge on any atom is -0.453 e. The molecule has 51 heavy (non-hydrogen) atoms. The van der Waals surface area contributed by atoms with E-state index in [-0.39, 0.29) is 49.6 Å². The average Bonchev–Trinajstić information content (AvgIpc) is 3.55. The van der Waals surface area contributed by atoms with Gasteiger partial charge in [0.25, 0.3) is 0 Å². The van der Waals surface area contributed by atoms with Gasteiger partial charge in [-0.3, -0.25) is 4.79 Å². The second-order valence-corrected chi connectivity index (χ2v) is 11.9. The van der Waals surface area contributed by atoms with E-state index in [0.29, 0.717) is 35.5 Å². The van der Waals surface area contributed by atoms with E-state index in [2.05, 4.69) is 26.4 Å². The molecule has 0 spiro atoms. The van der Waals surface area contributed by atoms with Crippen LogP contribution < -0.4 is 21.3 Å². The number of halogens is 3. The van der Waals surface area contributed by atoms with Crippen molar-refractivity contribution in [2.75, 3.05) is 32.2 Å². The molecule has 0 unspecified atom stereocenters. The summed E-state index contributed by atoms with van der Waals surface area (Å²) in [6.07, 6.45) is -1.26. The fourth-order valence-corrected chi connectivity index (χ4v) is 5.70. The molecule has 3 atom stereocenters. The third kappa shape index (κ3) is 10.3. The van der Waals surface area contributed by atoms with Gasteiger partial charge in [0.2, 0.25) is 5.91 Å². The normalized spacial score (nSPS) is 16.3. The molecule has 3 aromatic carbocycles. The van der Waals surface area contributed by atoms with Crippen LogP contribution in [0.1, 0.15) is 40.5 Å². The first-order valence-electron chi connectivity index (χ1n) is 16.2. The van der Waals surface area contributed by atoms with Gasteiger partial charge in [0.15, 0.2) is 0 Å². The number of morpholine rings is 1. The minimum atomic E-state index is -1.34. The Morgan fingerprint density at radius 3 is 2.25 bits per heavy atom. The third-order valence-electron chi connectivity index (χ3n) is 8.30. The van der Waals surface area contributed by atoms with Crippen LogP contribution in [0.5, 0.6) is 0 Å². The van der Waals surface area contributed by atoms with Crippen LogP contribution >= 0.6 is 0 Å². The third-order valence-corrected chi connectivity index (χ3v) is 8.30. The number of benzene rings is 3. The van der Waals surface area contributed by atoms with Crippen molar-refractivity contribution < 1.29 is 46.3 Å². The number of nitrogens with zero attached hydrogens (tertiary/aromatic N) is 1. The molecule has 5 rings (SSSR count). The Bertz CT molecular complexity index is 1740. The number of methoxy groups -OCH3 is 1. The van der Waals surface area contributed by atoms with Gasteiger partial charge in [0, 0.05) is 29.8 Å². The van der Waals surface area contributed by atoms with Gasteiger partial charge in [-0.2, -0.15) is 0 Å². The number of carbonyl (C=O) groups excluding carboxylic acids is 3.